The van der Waals surface area contributed by atoms with Gasteiger partial charge in [-0.2, -0.15) is 0 Å². The predicted octanol–water partition coefficient (Wildman–Crippen LogP) is 3.99. The summed E-state index contributed by atoms with van der Waals surface area (Å²) in [6.45, 7) is 7.61. The quantitative estimate of drug-likeness (QED) is 0.920. The van der Waals surface area contributed by atoms with Crippen molar-refractivity contribution in [1.82, 2.24) is 5.32 Å². The maximum atomic E-state index is 12.7. The van der Waals surface area contributed by atoms with Gasteiger partial charge in [0.25, 0.3) is 0 Å². The Labute approximate surface area is 142 Å². The van der Waals surface area contributed by atoms with Gasteiger partial charge in [0, 0.05) is 28.0 Å². The summed E-state index contributed by atoms with van der Waals surface area (Å²) >= 11 is 1.82. The third-order valence-corrected chi connectivity index (χ3v) is 5.50. The first-order chi connectivity index (χ1) is 11.1. The zero-order chi connectivity index (χ0) is 16.4. The molecule has 1 unspecified atom stereocenters. The molecule has 1 N–H and O–H groups in total. The number of benzene rings is 1. The number of thiophene rings is 1. The normalized spacial score (nSPS) is 15.3. The molecule has 2 heterocycles. The van der Waals surface area contributed by atoms with Crippen molar-refractivity contribution in [2.75, 3.05) is 18.0 Å². The summed E-state index contributed by atoms with van der Waals surface area (Å²) in [6, 6.07) is 10.7. The third kappa shape index (κ3) is 3.48. The lowest BCUT2D eigenvalue weighted by atomic mass is 10.0. The fourth-order valence-electron chi connectivity index (χ4n) is 3.32. The highest BCUT2D eigenvalue weighted by Crippen LogP contribution is 2.28. The second-order valence-electron chi connectivity index (χ2n) is 6.25. The van der Waals surface area contributed by atoms with Gasteiger partial charge in [-0.25, -0.2) is 0 Å². The van der Waals surface area contributed by atoms with E-state index in [1.54, 1.807) is 0 Å². The number of carbonyl (C=O) groups is 1. The van der Waals surface area contributed by atoms with E-state index in [4.69, 9.17) is 0 Å². The lowest BCUT2D eigenvalue weighted by molar-refractivity contribution is -0.118. The molecule has 1 aromatic heterocycles. The molecule has 1 amide bonds. The van der Waals surface area contributed by atoms with Crippen LogP contribution in [0.25, 0.3) is 0 Å². The fourth-order valence-corrected chi connectivity index (χ4v) is 4.34. The van der Waals surface area contributed by atoms with Gasteiger partial charge in [-0.15, -0.1) is 11.3 Å². The maximum Gasteiger partial charge on any atom is 0.240 e. The molecule has 0 saturated heterocycles. The zero-order valence-electron chi connectivity index (χ0n) is 14.1. The molecule has 0 saturated carbocycles. The Morgan fingerprint density at radius 2 is 2.13 bits per heavy atom. The molecule has 4 heteroatoms. The van der Waals surface area contributed by atoms with Crippen molar-refractivity contribution < 1.29 is 4.79 Å². The summed E-state index contributed by atoms with van der Waals surface area (Å²) < 4.78 is 0. The molecule has 1 atom stereocenters. The highest BCUT2D eigenvalue weighted by molar-refractivity contribution is 7.12. The molecule has 1 aliphatic rings. The van der Waals surface area contributed by atoms with Gasteiger partial charge in [-0.05, 0) is 56.9 Å². The minimum absolute atomic E-state index is 0.161. The van der Waals surface area contributed by atoms with Crippen LogP contribution in [0.2, 0.25) is 0 Å². The van der Waals surface area contributed by atoms with Gasteiger partial charge < -0.3 is 10.2 Å². The van der Waals surface area contributed by atoms with Gasteiger partial charge in [0.1, 0.15) is 0 Å². The lowest BCUT2D eigenvalue weighted by Gasteiger charge is -2.30. The van der Waals surface area contributed by atoms with E-state index in [0.717, 1.165) is 25.1 Å². The number of carbonyl (C=O) groups excluding carboxylic acids is 1. The number of nitrogens with one attached hydrogen (secondary N) is 1. The summed E-state index contributed by atoms with van der Waals surface area (Å²) in [5, 5.41) is 3.40. The summed E-state index contributed by atoms with van der Waals surface area (Å²) in [6.07, 6.45) is 2.11. The Morgan fingerprint density at radius 1 is 1.35 bits per heavy atom. The second kappa shape index (κ2) is 6.85. The van der Waals surface area contributed by atoms with E-state index in [-0.39, 0.29) is 11.9 Å². The van der Waals surface area contributed by atoms with Crippen LogP contribution < -0.4 is 10.2 Å². The number of nitrogens with zero attached hydrogens (tertiary/aromatic N) is 1. The van der Waals surface area contributed by atoms with Crippen LogP contribution >= 0.6 is 11.3 Å². The molecule has 0 fully saturated rings. The number of fused-ring (bicyclic) bond motifs is 1. The summed E-state index contributed by atoms with van der Waals surface area (Å²) in [5.74, 6) is 0.161. The SMILES string of the molecule is Cc1cc(C(C)NCC(=O)N2CCCc3ccccc32)c(C)s1. The first-order valence-electron chi connectivity index (χ1n) is 8.25. The number of anilines is 1. The van der Waals surface area contributed by atoms with Crippen LogP contribution in [0.3, 0.4) is 0 Å². The van der Waals surface area contributed by atoms with Crippen LogP contribution in [0.15, 0.2) is 30.3 Å². The van der Waals surface area contributed by atoms with Crippen LogP contribution in [0.4, 0.5) is 5.69 Å². The van der Waals surface area contributed by atoms with Gasteiger partial charge in [0.2, 0.25) is 5.91 Å². The summed E-state index contributed by atoms with van der Waals surface area (Å²) in [7, 11) is 0. The highest BCUT2D eigenvalue weighted by Gasteiger charge is 2.22. The monoisotopic (exact) mass is 328 g/mol. The van der Waals surface area contributed by atoms with Crippen LogP contribution in [-0.4, -0.2) is 19.0 Å². The Balaban J connectivity index is 1.65. The molecule has 1 aliphatic heterocycles. The molecule has 3 nitrogen and oxygen atoms in total. The second-order valence-corrected chi connectivity index (χ2v) is 7.71. The standard InChI is InChI=1S/C19H24N2OS/c1-13-11-17(15(3)23-13)14(2)20-12-19(22)21-10-6-8-16-7-4-5-9-18(16)21/h4-5,7,9,11,14,20H,6,8,10,12H2,1-3H3. The molecule has 23 heavy (non-hydrogen) atoms. The van der Waals surface area contributed by atoms with E-state index in [1.165, 1.54) is 20.9 Å². The molecule has 0 bridgehead atoms. The van der Waals surface area contributed by atoms with Gasteiger partial charge in [0.05, 0.1) is 6.54 Å². The fraction of sp³-hybridized carbons (Fsp3) is 0.421. The molecular formula is C19H24N2OS. The molecule has 0 radical (unpaired) electrons. The van der Waals surface area contributed by atoms with Crippen LogP contribution in [0.1, 0.15) is 40.3 Å². The van der Waals surface area contributed by atoms with Crippen molar-refractivity contribution in [2.45, 2.75) is 39.7 Å². The average Bonchev–Trinajstić information content (AvgIpc) is 2.90. The molecule has 0 spiro atoms. The minimum atomic E-state index is 0.161. The maximum absolute atomic E-state index is 12.7. The smallest absolute Gasteiger partial charge is 0.240 e. The third-order valence-electron chi connectivity index (χ3n) is 4.52. The minimum Gasteiger partial charge on any atom is -0.311 e. The largest absolute Gasteiger partial charge is 0.311 e. The summed E-state index contributed by atoms with van der Waals surface area (Å²) in [5.41, 5.74) is 3.67. The van der Waals surface area contributed by atoms with Gasteiger partial charge in [-0.1, -0.05) is 18.2 Å². The molecule has 3 rings (SSSR count). The van der Waals surface area contributed by atoms with E-state index in [2.05, 4.69) is 50.4 Å². The van der Waals surface area contributed by atoms with Crippen molar-refractivity contribution in [3.05, 3.63) is 51.2 Å². The van der Waals surface area contributed by atoms with Crippen LogP contribution in [0.5, 0.6) is 0 Å². The Kier molecular flexibility index (Phi) is 4.83. The lowest BCUT2D eigenvalue weighted by Crippen LogP contribution is -2.41. The number of amides is 1. The Hall–Kier alpha value is -1.65. The van der Waals surface area contributed by atoms with Gasteiger partial charge in [-0.3, -0.25) is 4.79 Å². The highest BCUT2D eigenvalue weighted by atomic mass is 32.1. The van der Waals surface area contributed by atoms with E-state index in [9.17, 15) is 4.79 Å². The van der Waals surface area contributed by atoms with E-state index < -0.39 is 0 Å². The Bertz CT molecular complexity index is 707. The first-order valence-corrected chi connectivity index (χ1v) is 9.06. The molecule has 0 aliphatic carbocycles. The molecule has 122 valence electrons. The van der Waals surface area contributed by atoms with E-state index in [1.807, 2.05) is 22.3 Å². The van der Waals surface area contributed by atoms with Crippen molar-refractivity contribution >= 4 is 22.9 Å². The number of aryl methyl sites for hydroxylation is 3. The Morgan fingerprint density at radius 3 is 2.87 bits per heavy atom. The van der Waals surface area contributed by atoms with Crippen LogP contribution in [0, 0.1) is 13.8 Å². The van der Waals surface area contributed by atoms with E-state index >= 15 is 0 Å². The van der Waals surface area contributed by atoms with Crippen LogP contribution in [-0.2, 0) is 11.2 Å². The topological polar surface area (TPSA) is 32.3 Å². The van der Waals surface area contributed by atoms with Crippen molar-refractivity contribution in [2.24, 2.45) is 0 Å². The van der Waals surface area contributed by atoms with Gasteiger partial charge in [0.15, 0.2) is 0 Å². The molecule has 1 aromatic carbocycles. The summed E-state index contributed by atoms with van der Waals surface area (Å²) in [4.78, 5) is 17.2. The number of rotatable bonds is 4. The number of hydrogen-bond donors (Lipinski definition) is 1. The zero-order valence-corrected chi connectivity index (χ0v) is 14.9. The predicted molar refractivity (Wildman–Crippen MR) is 97.3 cm³/mol. The molecule has 2 aromatic rings. The number of para-hydroxylation sites is 1. The number of hydrogen-bond acceptors (Lipinski definition) is 3. The molecular weight excluding hydrogens is 304 g/mol. The van der Waals surface area contributed by atoms with Crippen molar-refractivity contribution in [3.8, 4) is 0 Å². The van der Waals surface area contributed by atoms with E-state index in [0.29, 0.717) is 6.54 Å². The average molecular weight is 328 g/mol. The van der Waals surface area contributed by atoms with Crippen molar-refractivity contribution in [1.29, 1.82) is 0 Å². The van der Waals surface area contributed by atoms with Crippen molar-refractivity contribution in [3.63, 3.8) is 0 Å². The first kappa shape index (κ1) is 16.2. The van der Waals surface area contributed by atoms with Gasteiger partial charge >= 0.3 is 0 Å².